The van der Waals surface area contributed by atoms with Gasteiger partial charge in [-0.3, -0.25) is 4.68 Å². The summed E-state index contributed by atoms with van der Waals surface area (Å²) in [5, 5.41) is 11.2. The van der Waals surface area contributed by atoms with Gasteiger partial charge in [0.25, 0.3) is 0 Å². The van der Waals surface area contributed by atoms with Crippen molar-refractivity contribution in [2.75, 3.05) is 26.7 Å². The summed E-state index contributed by atoms with van der Waals surface area (Å²) in [5.74, 6) is 0.885. The minimum atomic E-state index is 0.658. The van der Waals surface area contributed by atoms with Gasteiger partial charge in [0.15, 0.2) is 5.96 Å². The normalized spacial score (nSPS) is 15.3. The molecule has 3 rings (SSSR count). The van der Waals surface area contributed by atoms with Crippen molar-refractivity contribution in [2.24, 2.45) is 4.99 Å². The number of likely N-dealkylation sites (N-methyl/N-ethyl adjacent to an activating group) is 1. The molecule has 1 aliphatic rings. The maximum absolute atomic E-state index is 4.81. The van der Waals surface area contributed by atoms with Crippen molar-refractivity contribution in [1.82, 2.24) is 25.3 Å². The maximum atomic E-state index is 4.81. The zero-order chi connectivity index (χ0) is 19.6. The molecule has 0 aliphatic heterocycles. The minimum Gasteiger partial charge on any atom is -0.357 e. The van der Waals surface area contributed by atoms with Crippen LogP contribution in [0.2, 0.25) is 0 Å². The highest BCUT2D eigenvalue weighted by atomic mass is 15.3. The third-order valence-corrected chi connectivity index (χ3v) is 5.47. The Kier molecular flexibility index (Phi) is 7.91. The lowest BCUT2D eigenvalue weighted by atomic mass is 10.1. The number of nitrogens with zero attached hydrogens (tertiary/aromatic N) is 4. The zero-order valence-corrected chi connectivity index (χ0v) is 17.3. The van der Waals surface area contributed by atoms with Crippen LogP contribution in [0.4, 0.5) is 0 Å². The van der Waals surface area contributed by atoms with E-state index in [9.17, 15) is 0 Å². The van der Waals surface area contributed by atoms with E-state index < -0.39 is 0 Å². The van der Waals surface area contributed by atoms with Crippen LogP contribution in [-0.2, 0) is 13.1 Å². The Morgan fingerprint density at radius 3 is 2.68 bits per heavy atom. The van der Waals surface area contributed by atoms with Gasteiger partial charge in [-0.25, -0.2) is 4.99 Å². The summed E-state index contributed by atoms with van der Waals surface area (Å²) in [6, 6.07) is 11.2. The molecule has 1 saturated carbocycles. The summed E-state index contributed by atoms with van der Waals surface area (Å²) in [7, 11) is 2.24. The van der Waals surface area contributed by atoms with Gasteiger partial charge in [0.2, 0.25) is 0 Å². The molecule has 1 heterocycles. The van der Waals surface area contributed by atoms with E-state index in [4.69, 9.17) is 4.99 Å². The van der Waals surface area contributed by atoms with E-state index in [0.29, 0.717) is 6.54 Å². The molecule has 1 fully saturated rings. The third kappa shape index (κ3) is 6.09. The molecule has 152 valence electrons. The van der Waals surface area contributed by atoms with E-state index in [1.54, 1.807) is 0 Å². The molecule has 1 aromatic heterocycles. The second-order valence-electron chi connectivity index (χ2n) is 7.51. The number of hydrogen-bond acceptors (Lipinski definition) is 3. The number of guanidine groups is 1. The van der Waals surface area contributed by atoms with Crippen molar-refractivity contribution in [3.8, 4) is 0 Å². The van der Waals surface area contributed by atoms with E-state index >= 15 is 0 Å². The standard InChI is InChI=1S/C22H34N6/c1-3-23-22(24-14-16-27(2)21-11-6-7-12-21)25-17-19-9-4-5-10-20(19)18-28-15-8-13-26-28/h4-5,8-10,13,15,21H,3,6-7,11-12,14,16-18H2,1-2H3,(H2,23,24,25). The summed E-state index contributed by atoms with van der Waals surface area (Å²) in [5.41, 5.74) is 2.49. The maximum Gasteiger partial charge on any atom is 0.191 e. The van der Waals surface area contributed by atoms with Crippen molar-refractivity contribution in [3.05, 3.63) is 53.9 Å². The quantitative estimate of drug-likeness (QED) is 0.517. The van der Waals surface area contributed by atoms with Crippen molar-refractivity contribution < 1.29 is 0 Å². The molecule has 1 aliphatic carbocycles. The number of aromatic nitrogens is 2. The average Bonchev–Trinajstić information content (AvgIpc) is 3.41. The predicted octanol–water partition coefficient (Wildman–Crippen LogP) is 2.86. The molecule has 0 spiro atoms. The Morgan fingerprint density at radius 2 is 1.96 bits per heavy atom. The van der Waals surface area contributed by atoms with E-state index in [-0.39, 0.29) is 0 Å². The van der Waals surface area contributed by atoms with Gasteiger partial charge in [0, 0.05) is 38.1 Å². The van der Waals surface area contributed by atoms with Crippen LogP contribution in [-0.4, -0.2) is 53.4 Å². The van der Waals surface area contributed by atoms with Gasteiger partial charge >= 0.3 is 0 Å². The summed E-state index contributed by atoms with van der Waals surface area (Å²) in [6.07, 6.45) is 9.26. The van der Waals surface area contributed by atoms with Crippen LogP contribution in [0.5, 0.6) is 0 Å². The molecule has 0 radical (unpaired) electrons. The van der Waals surface area contributed by atoms with Crippen LogP contribution in [0.1, 0.15) is 43.7 Å². The van der Waals surface area contributed by atoms with E-state index in [2.05, 4.69) is 58.9 Å². The predicted molar refractivity (Wildman–Crippen MR) is 115 cm³/mol. The first-order chi connectivity index (χ1) is 13.8. The van der Waals surface area contributed by atoms with Gasteiger partial charge in [0.1, 0.15) is 0 Å². The Bertz CT molecular complexity index is 718. The number of aliphatic imine (C=N–C) groups is 1. The van der Waals surface area contributed by atoms with E-state index in [0.717, 1.165) is 38.2 Å². The Hall–Kier alpha value is -2.34. The van der Waals surface area contributed by atoms with Crippen molar-refractivity contribution >= 4 is 5.96 Å². The van der Waals surface area contributed by atoms with Gasteiger partial charge in [0.05, 0.1) is 13.1 Å². The molecule has 0 unspecified atom stereocenters. The molecule has 6 heteroatoms. The molecular weight excluding hydrogens is 348 g/mol. The van der Waals surface area contributed by atoms with Gasteiger partial charge < -0.3 is 15.5 Å². The average molecular weight is 383 g/mol. The molecule has 28 heavy (non-hydrogen) atoms. The fourth-order valence-corrected chi connectivity index (χ4v) is 3.82. The van der Waals surface area contributed by atoms with Gasteiger partial charge in [-0.15, -0.1) is 0 Å². The number of rotatable bonds is 9. The lowest BCUT2D eigenvalue weighted by molar-refractivity contribution is 0.249. The van der Waals surface area contributed by atoms with Crippen LogP contribution in [0.3, 0.4) is 0 Å². The van der Waals surface area contributed by atoms with Crippen LogP contribution >= 0.6 is 0 Å². The summed E-state index contributed by atoms with van der Waals surface area (Å²) >= 11 is 0. The Balaban J connectivity index is 1.55. The molecule has 0 amide bonds. The number of nitrogens with one attached hydrogen (secondary N) is 2. The Morgan fingerprint density at radius 1 is 1.18 bits per heavy atom. The Labute approximate surface area is 169 Å². The minimum absolute atomic E-state index is 0.658. The fourth-order valence-electron chi connectivity index (χ4n) is 3.82. The first-order valence-corrected chi connectivity index (χ1v) is 10.5. The smallest absolute Gasteiger partial charge is 0.191 e. The lowest BCUT2D eigenvalue weighted by Gasteiger charge is -2.24. The lowest BCUT2D eigenvalue weighted by Crippen LogP contribution is -2.42. The third-order valence-electron chi connectivity index (χ3n) is 5.47. The highest BCUT2D eigenvalue weighted by Gasteiger charge is 2.18. The zero-order valence-electron chi connectivity index (χ0n) is 17.3. The molecule has 0 bridgehead atoms. The second-order valence-corrected chi connectivity index (χ2v) is 7.51. The first-order valence-electron chi connectivity index (χ1n) is 10.5. The van der Waals surface area contributed by atoms with E-state index in [1.165, 1.54) is 36.8 Å². The molecule has 6 nitrogen and oxygen atoms in total. The molecule has 2 aromatic rings. The van der Waals surface area contributed by atoms with Gasteiger partial charge in [-0.1, -0.05) is 37.1 Å². The van der Waals surface area contributed by atoms with Crippen LogP contribution in [0.15, 0.2) is 47.7 Å². The highest BCUT2D eigenvalue weighted by molar-refractivity contribution is 5.79. The van der Waals surface area contributed by atoms with Crippen LogP contribution < -0.4 is 10.6 Å². The molecule has 0 saturated heterocycles. The SMILES string of the molecule is CCNC(=NCc1ccccc1Cn1cccn1)NCCN(C)C1CCCC1. The fraction of sp³-hybridized carbons (Fsp3) is 0.545. The van der Waals surface area contributed by atoms with Crippen LogP contribution in [0, 0.1) is 0 Å². The first kappa shape index (κ1) is 20.4. The summed E-state index contributed by atoms with van der Waals surface area (Å²) in [4.78, 5) is 7.30. The number of hydrogen-bond donors (Lipinski definition) is 2. The molecule has 2 N–H and O–H groups in total. The van der Waals surface area contributed by atoms with Gasteiger partial charge in [-0.2, -0.15) is 5.10 Å². The molecule has 0 atom stereocenters. The summed E-state index contributed by atoms with van der Waals surface area (Å²) < 4.78 is 1.95. The monoisotopic (exact) mass is 382 g/mol. The van der Waals surface area contributed by atoms with Crippen LogP contribution in [0.25, 0.3) is 0 Å². The topological polar surface area (TPSA) is 57.5 Å². The highest BCUT2D eigenvalue weighted by Crippen LogP contribution is 2.21. The molecular formula is C22H34N6. The summed E-state index contributed by atoms with van der Waals surface area (Å²) in [6.45, 7) is 6.35. The largest absolute Gasteiger partial charge is 0.357 e. The van der Waals surface area contributed by atoms with E-state index in [1.807, 2.05) is 23.1 Å². The van der Waals surface area contributed by atoms with Crippen molar-refractivity contribution in [3.63, 3.8) is 0 Å². The van der Waals surface area contributed by atoms with Crippen molar-refractivity contribution in [1.29, 1.82) is 0 Å². The second kappa shape index (κ2) is 10.9. The molecule has 1 aromatic carbocycles. The number of benzene rings is 1. The van der Waals surface area contributed by atoms with Crippen molar-refractivity contribution in [2.45, 2.75) is 51.7 Å². The van der Waals surface area contributed by atoms with Gasteiger partial charge in [-0.05, 0) is 44.0 Å².